The average Bonchev–Trinajstić information content (AvgIpc) is 2.97. The van der Waals surface area contributed by atoms with Crippen LogP contribution in [0.25, 0.3) is 0 Å². The lowest BCUT2D eigenvalue weighted by atomic mass is 9.87. The summed E-state index contributed by atoms with van der Waals surface area (Å²) in [7, 11) is 0. The van der Waals surface area contributed by atoms with Gasteiger partial charge in [0.05, 0.1) is 18.8 Å². The van der Waals surface area contributed by atoms with E-state index in [2.05, 4.69) is 12.2 Å². The van der Waals surface area contributed by atoms with Gasteiger partial charge < -0.3 is 35.8 Å². The van der Waals surface area contributed by atoms with E-state index in [0.717, 1.165) is 24.8 Å². The average molecular weight is 565 g/mol. The molecule has 0 bridgehead atoms. The third-order valence-corrected chi connectivity index (χ3v) is 8.02. The molecule has 1 unspecified atom stereocenters. The molecule has 40 heavy (non-hydrogen) atoms. The number of amides is 1. The van der Waals surface area contributed by atoms with E-state index in [-0.39, 0.29) is 6.61 Å². The second-order valence-electron chi connectivity index (χ2n) is 11.4. The molecule has 0 radical (unpaired) electrons. The predicted octanol–water partition coefficient (Wildman–Crippen LogP) is 5.35. The molecule has 8 nitrogen and oxygen atoms in total. The highest BCUT2D eigenvalue weighted by Gasteiger charge is 2.47. The van der Waals surface area contributed by atoms with E-state index in [1.165, 1.54) is 77.0 Å². The van der Waals surface area contributed by atoms with Gasteiger partial charge in [-0.25, -0.2) is 4.79 Å². The van der Waals surface area contributed by atoms with E-state index in [1.807, 2.05) is 30.3 Å². The van der Waals surface area contributed by atoms with Crippen molar-refractivity contribution < 1.29 is 29.6 Å². The van der Waals surface area contributed by atoms with Gasteiger partial charge in [0.1, 0.15) is 24.9 Å². The molecule has 1 aromatic carbocycles. The lowest BCUT2D eigenvalue weighted by molar-refractivity contribution is -0.198. The van der Waals surface area contributed by atoms with Crippen molar-refractivity contribution in [3.05, 3.63) is 35.9 Å². The number of nitrogens with two attached hydrogens (primary N) is 1. The SMILES string of the molecule is CCCCCCCCCCCCCCCCCC(N)[C@@H]1O[C@H](CO)[C@@H](O)[C@H](O)[C@H]1NC(=O)OCc1ccccc1. The molecule has 1 heterocycles. The number of hydrogen-bond acceptors (Lipinski definition) is 7. The summed E-state index contributed by atoms with van der Waals surface area (Å²) < 4.78 is 11.2. The van der Waals surface area contributed by atoms with Crippen molar-refractivity contribution >= 4 is 6.09 Å². The second-order valence-corrected chi connectivity index (χ2v) is 11.4. The van der Waals surface area contributed by atoms with Crippen molar-refractivity contribution in [2.24, 2.45) is 5.73 Å². The Morgan fingerprint density at radius 3 is 1.93 bits per heavy atom. The van der Waals surface area contributed by atoms with Gasteiger partial charge in [-0.3, -0.25) is 0 Å². The van der Waals surface area contributed by atoms with Crippen molar-refractivity contribution in [1.82, 2.24) is 5.32 Å². The van der Waals surface area contributed by atoms with Gasteiger partial charge >= 0.3 is 6.09 Å². The van der Waals surface area contributed by atoms with Crippen LogP contribution in [-0.2, 0) is 16.1 Å². The highest BCUT2D eigenvalue weighted by Crippen LogP contribution is 2.25. The molecule has 0 aliphatic carbocycles. The van der Waals surface area contributed by atoms with Gasteiger partial charge in [0.25, 0.3) is 0 Å². The number of hydrogen-bond donors (Lipinski definition) is 5. The topological polar surface area (TPSA) is 134 Å². The zero-order valence-corrected chi connectivity index (χ0v) is 24.7. The van der Waals surface area contributed by atoms with Crippen molar-refractivity contribution in [3.8, 4) is 0 Å². The number of nitrogens with one attached hydrogen (secondary N) is 1. The number of benzene rings is 1. The second kappa shape index (κ2) is 21.1. The summed E-state index contributed by atoms with van der Waals surface area (Å²) in [6.07, 6.45) is 14.8. The molecular formula is C32H56N2O6. The Kier molecular flexibility index (Phi) is 18.2. The zero-order valence-electron chi connectivity index (χ0n) is 24.7. The Hall–Kier alpha value is -1.71. The fourth-order valence-corrected chi connectivity index (χ4v) is 5.50. The Bertz CT molecular complexity index is 767. The lowest BCUT2D eigenvalue weighted by Crippen LogP contribution is -2.67. The minimum atomic E-state index is -1.35. The standard InChI is InChI=1S/C32H56N2O6/c1-2-3-4-5-6-7-8-9-10-11-12-13-14-15-19-22-26(33)31-28(30(37)29(36)27(23-35)40-31)34-32(38)39-24-25-20-17-16-18-21-25/h16-18,20-21,26-31,35-37H,2-15,19,22-24,33H2,1H3,(H,34,38)/t26?,27-,28-,29-,30-,31+/m1/s1. The quantitative estimate of drug-likeness (QED) is 0.127. The van der Waals surface area contributed by atoms with Gasteiger partial charge in [0, 0.05) is 6.04 Å². The molecule has 0 saturated carbocycles. The third kappa shape index (κ3) is 13.3. The van der Waals surface area contributed by atoms with Gasteiger partial charge in [0.15, 0.2) is 0 Å². The Morgan fingerprint density at radius 2 is 1.40 bits per heavy atom. The monoisotopic (exact) mass is 564 g/mol. The van der Waals surface area contributed by atoms with Crippen LogP contribution in [0.2, 0.25) is 0 Å². The molecule has 6 N–H and O–H groups in total. The summed E-state index contributed by atoms with van der Waals surface area (Å²) in [5.41, 5.74) is 7.30. The van der Waals surface area contributed by atoms with Gasteiger partial charge in [-0.1, -0.05) is 134 Å². The third-order valence-electron chi connectivity index (χ3n) is 8.02. The van der Waals surface area contributed by atoms with E-state index in [0.29, 0.717) is 6.42 Å². The molecule has 230 valence electrons. The van der Waals surface area contributed by atoms with Gasteiger partial charge in [-0.05, 0) is 12.0 Å². The van der Waals surface area contributed by atoms with Crippen molar-refractivity contribution in [1.29, 1.82) is 0 Å². The first kappa shape index (κ1) is 34.5. The Morgan fingerprint density at radius 1 is 0.875 bits per heavy atom. The smallest absolute Gasteiger partial charge is 0.407 e. The molecule has 0 aromatic heterocycles. The first-order valence-electron chi connectivity index (χ1n) is 15.8. The first-order chi connectivity index (χ1) is 19.5. The van der Waals surface area contributed by atoms with E-state index >= 15 is 0 Å². The highest BCUT2D eigenvalue weighted by atomic mass is 16.6. The van der Waals surface area contributed by atoms with Gasteiger partial charge in [0.2, 0.25) is 0 Å². The number of carbonyl (C=O) groups excluding carboxylic acids is 1. The fraction of sp³-hybridized carbons (Fsp3) is 0.781. The van der Waals surface area contributed by atoms with E-state index in [9.17, 15) is 20.1 Å². The molecule has 1 amide bonds. The molecule has 1 fully saturated rings. The van der Waals surface area contributed by atoms with Crippen LogP contribution >= 0.6 is 0 Å². The van der Waals surface area contributed by atoms with Gasteiger partial charge in [-0.15, -0.1) is 0 Å². The first-order valence-corrected chi connectivity index (χ1v) is 15.8. The van der Waals surface area contributed by atoms with Crippen LogP contribution in [0.15, 0.2) is 30.3 Å². The number of unbranched alkanes of at least 4 members (excludes halogenated alkanes) is 14. The van der Waals surface area contributed by atoms with Crippen LogP contribution < -0.4 is 11.1 Å². The zero-order chi connectivity index (χ0) is 29.0. The molecule has 1 saturated heterocycles. The minimum absolute atomic E-state index is 0.0774. The summed E-state index contributed by atoms with van der Waals surface area (Å²) in [6.45, 7) is 1.89. The van der Waals surface area contributed by atoms with E-state index in [4.69, 9.17) is 15.2 Å². The van der Waals surface area contributed by atoms with Crippen molar-refractivity contribution in [3.63, 3.8) is 0 Å². The molecular weight excluding hydrogens is 508 g/mol. The highest BCUT2D eigenvalue weighted by molar-refractivity contribution is 5.68. The molecule has 0 spiro atoms. The molecule has 1 aliphatic rings. The number of carbonyl (C=O) groups is 1. The summed E-state index contributed by atoms with van der Waals surface area (Å²) in [6, 6.07) is 7.85. The predicted molar refractivity (Wildman–Crippen MR) is 159 cm³/mol. The maximum atomic E-state index is 12.5. The summed E-state index contributed by atoms with van der Waals surface area (Å²) in [5.74, 6) is 0. The maximum Gasteiger partial charge on any atom is 0.407 e. The Labute approximate surface area is 242 Å². The normalized spacial score (nSPS) is 23.6. The number of aliphatic hydroxyl groups excluding tert-OH is 3. The van der Waals surface area contributed by atoms with Gasteiger partial charge in [-0.2, -0.15) is 0 Å². The summed E-state index contributed by atoms with van der Waals surface area (Å²) >= 11 is 0. The fourth-order valence-electron chi connectivity index (χ4n) is 5.50. The molecule has 6 atom stereocenters. The van der Waals surface area contributed by atoms with Crippen LogP contribution in [0, 0.1) is 0 Å². The molecule has 1 aliphatic heterocycles. The van der Waals surface area contributed by atoms with Crippen LogP contribution in [0.1, 0.15) is 115 Å². The van der Waals surface area contributed by atoms with E-state index in [1.54, 1.807) is 0 Å². The van der Waals surface area contributed by atoms with Crippen molar-refractivity contribution in [2.75, 3.05) is 6.61 Å². The minimum Gasteiger partial charge on any atom is -0.445 e. The summed E-state index contributed by atoms with van der Waals surface area (Å²) in [4.78, 5) is 12.5. The molecule has 1 aromatic rings. The van der Waals surface area contributed by atoms with Crippen LogP contribution in [0.5, 0.6) is 0 Å². The number of alkyl carbamates (subject to hydrolysis) is 1. The Balaban J connectivity index is 1.65. The van der Waals surface area contributed by atoms with Crippen LogP contribution in [0.3, 0.4) is 0 Å². The number of aliphatic hydroxyl groups is 3. The van der Waals surface area contributed by atoms with Crippen LogP contribution in [-0.4, -0.2) is 64.5 Å². The largest absolute Gasteiger partial charge is 0.445 e. The maximum absolute atomic E-state index is 12.5. The number of rotatable bonds is 21. The van der Waals surface area contributed by atoms with Crippen molar-refractivity contribution in [2.45, 2.75) is 153 Å². The van der Waals surface area contributed by atoms with Crippen LogP contribution in [0.4, 0.5) is 4.79 Å². The molecule has 2 rings (SSSR count). The molecule has 8 heteroatoms. The van der Waals surface area contributed by atoms with E-state index < -0.39 is 49.2 Å². The summed E-state index contributed by atoms with van der Waals surface area (Å²) in [5, 5.41) is 33.4. The lowest BCUT2D eigenvalue weighted by Gasteiger charge is -2.44. The number of ether oxygens (including phenoxy) is 2.